The van der Waals surface area contributed by atoms with E-state index in [1.165, 1.54) is 14.2 Å². The fraction of sp³-hybridized carbons (Fsp3) is 0.429. The fourth-order valence-electron chi connectivity index (χ4n) is 1.36. The van der Waals surface area contributed by atoms with Crippen LogP contribution in [-0.4, -0.2) is 36.8 Å². The van der Waals surface area contributed by atoms with Crippen LogP contribution in [0.1, 0.15) is 31.1 Å². The number of benzene rings is 1. The molecule has 2 amide bonds. The molecule has 0 heterocycles. The minimum absolute atomic E-state index is 0.389. The van der Waals surface area contributed by atoms with Crippen LogP contribution in [0.5, 0.6) is 5.75 Å². The molecule has 0 atom stereocenters. The second kappa shape index (κ2) is 6.27. The largest absolute Gasteiger partial charge is 0.497 e. The van der Waals surface area contributed by atoms with E-state index in [1.807, 2.05) is 0 Å². The average molecular weight is 280 g/mol. The quantitative estimate of drug-likeness (QED) is 0.843. The van der Waals surface area contributed by atoms with Crippen LogP contribution in [0.25, 0.3) is 0 Å². The second-order valence-electron chi connectivity index (χ2n) is 5.21. The number of methoxy groups -OCH3 is 1. The maximum absolute atomic E-state index is 12.0. The van der Waals surface area contributed by atoms with Gasteiger partial charge in [0.15, 0.2) is 0 Å². The number of nitrogens with one attached hydrogen (secondary N) is 1. The zero-order valence-electron chi connectivity index (χ0n) is 12.4. The molecular weight excluding hydrogens is 260 g/mol. The molecule has 0 aromatic heterocycles. The van der Waals surface area contributed by atoms with Gasteiger partial charge in [0, 0.05) is 12.6 Å². The predicted octanol–water partition coefficient (Wildman–Crippen LogP) is 2.21. The minimum Gasteiger partial charge on any atom is -0.497 e. The Labute approximate surface area is 118 Å². The standard InChI is InChI=1S/C14H20N2O4/c1-14(2,3)20-13(18)16(4)15-12(17)10-7-6-8-11(9-10)19-5/h6-9H,1-5H3,(H,15,17). The summed E-state index contributed by atoms with van der Waals surface area (Å²) in [5, 5.41) is 1.01. The van der Waals surface area contributed by atoms with E-state index in [4.69, 9.17) is 9.47 Å². The van der Waals surface area contributed by atoms with Crippen molar-refractivity contribution in [2.45, 2.75) is 26.4 Å². The second-order valence-corrected chi connectivity index (χ2v) is 5.21. The highest BCUT2D eigenvalue weighted by Crippen LogP contribution is 2.13. The van der Waals surface area contributed by atoms with Crippen LogP contribution in [0, 0.1) is 0 Å². The molecule has 0 radical (unpaired) electrons. The molecule has 0 aliphatic heterocycles. The Kier molecular flexibility index (Phi) is 4.96. The number of carbonyl (C=O) groups is 2. The zero-order chi connectivity index (χ0) is 15.3. The van der Waals surface area contributed by atoms with E-state index in [2.05, 4.69) is 5.43 Å². The Morgan fingerprint density at radius 2 is 1.90 bits per heavy atom. The maximum atomic E-state index is 12.0. The number of hydrogen-bond donors (Lipinski definition) is 1. The van der Waals surface area contributed by atoms with Crippen LogP contribution in [0.3, 0.4) is 0 Å². The number of amides is 2. The molecule has 110 valence electrons. The van der Waals surface area contributed by atoms with E-state index in [0.29, 0.717) is 11.3 Å². The van der Waals surface area contributed by atoms with Crippen LogP contribution < -0.4 is 10.2 Å². The molecule has 0 spiro atoms. The van der Waals surface area contributed by atoms with E-state index in [0.717, 1.165) is 5.01 Å². The SMILES string of the molecule is COc1cccc(C(=O)NN(C)C(=O)OC(C)(C)C)c1. The van der Waals surface area contributed by atoms with Gasteiger partial charge in [-0.25, -0.2) is 9.80 Å². The van der Waals surface area contributed by atoms with Gasteiger partial charge in [-0.2, -0.15) is 0 Å². The third-order valence-electron chi connectivity index (χ3n) is 2.27. The average Bonchev–Trinajstić information content (AvgIpc) is 2.36. The molecule has 1 aromatic carbocycles. The van der Waals surface area contributed by atoms with Gasteiger partial charge in [0.05, 0.1) is 7.11 Å². The lowest BCUT2D eigenvalue weighted by Crippen LogP contribution is -2.45. The molecule has 0 unspecified atom stereocenters. The molecule has 6 nitrogen and oxygen atoms in total. The normalized spacial score (nSPS) is 10.7. The van der Waals surface area contributed by atoms with Gasteiger partial charge in [0.2, 0.25) is 0 Å². The van der Waals surface area contributed by atoms with Crippen LogP contribution in [0.15, 0.2) is 24.3 Å². The molecule has 20 heavy (non-hydrogen) atoms. The monoisotopic (exact) mass is 280 g/mol. The topological polar surface area (TPSA) is 67.9 Å². The maximum Gasteiger partial charge on any atom is 0.428 e. The van der Waals surface area contributed by atoms with Gasteiger partial charge in [-0.05, 0) is 39.0 Å². The van der Waals surface area contributed by atoms with Gasteiger partial charge in [-0.3, -0.25) is 10.2 Å². The van der Waals surface area contributed by atoms with E-state index in [-0.39, 0.29) is 0 Å². The molecule has 0 aliphatic carbocycles. The summed E-state index contributed by atoms with van der Waals surface area (Å²) in [7, 11) is 2.94. The first-order valence-electron chi connectivity index (χ1n) is 6.14. The fourth-order valence-corrected chi connectivity index (χ4v) is 1.36. The number of ether oxygens (including phenoxy) is 2. The third kappa shape index (κ3) is 4.79. The van der Waals surface area contributed by atoms with Gasteiger partial charge in [-0.15, -0.1) is 0 Å². The Morgan fingerprint density at radius 3 is 2.45 bits per heavy atom. The van der Waals surface area contributed by atoms with Crippen molar-refractivity contribution >= 4 is 12.0 Å². The Morgan fingerprint density at radius 1 is 1.25 bits per heavy atom. The summed E-state index contributed by atoms with van der Waals surface area (Å²) in [4.78, 5) is 23.7. The molecule has 6 heteroatoms. The van der Waals surface area contributed by atoms with Crippen LogP contribution >= 0.6 is 0 Å². The lowest BCUT2D eigenvalue weighted by atomic mass is 10.2. The zero-order valence-corrected chi connectivity index (χ0v) is 12.4. The van der Waals surface area contributed by atoms with E-state index >= 15 is 0 Å². The summed E-state index contributed by atoms with van der Waals surface area (Å²) in [6, 6.07) is 6.63. The van der Waals surface area contributed by atoms with E-state index < -0.39 is 17.6 Å². The Hall–Kier alpha value is -2.24. The summed E-state index contributed by atoms with van der Waals surface area (Å²) in [5.74, 6) is 0.148. The van der Waals surface area contributed by atoms with Gasteiger partial charge in [-0.1, -0.05) is 6.07 Å². The van der Waals surface area contributed by atoms with Crippen molar-refractivity contribution in [2.24, 2.45) is 0 Å². The van der Waals surface area contributed by atoms with Crippen molar-refractivity contribution in [3.8, 4) is 5.75 Å². The van der Waals surface area contributed by atoms with Crippen molar-refractivity contribution in [1.82, 2.24) is 10.4 Å². The van der Waals surface area contributed by atoms with Gasteiger partial charge < -0.3 is 9.47 Å². The van der Waals surface area contributed by atoms with Crippen molar-refractivity contribution in [1.29, 1.82) is 0 Å². The summed E-state index contributed by atoms with van der Waals surface area (Å²) in [5.41, 5.74) is 2.20. The number of carbonyl (C=O) groups excluding carboxylic acids is 2. The minimum atomic E-state index is -0.631. The first kappa shape index (κ1) is 15.8. The summed E-state index contributed by atoms with van der Waals surface area (Å²) >= 11 is 0. The molecule has 1 N–H and O–H groups in total. The molecule has 0 bridgehead atoms. The molecule has 0 aliphatic rings. The number of hydrogen-bond acceptors (Lipinski definition) is 4. The lowest BCUT2D eigenvalue weighted by molar-refractivity contribution is 0.0195. The Balaban J connectivity index is 2.67. The molecule has 1 aromatic rings. The highest BCUT2D eigenvalue weighted by Gasteiger charge is 2.21. The van der Waals surface area contributed by atoms with Crippen LogP contribution in [0.2, 0.25) is 0 Å². The van der Waals surface area contributed by atoms with Gasteiger partial charge in [0.1, 0.15) is 11.4 Å². The van der Waals surface area contributed by atoms with E-state index in [9.17, 15) is 9.59 Å². The number of nitrogens with zero attached hydrogens (tertiary/aromatic N) is 1. The first-order chi connectivity index (χ1) is 9.23. The highest BCUT2D eigenvalue weighted by atomic mass is 16.6. The molecule has 0 saturated heterocycles. The smallest absolute Gasteiger partial charge is 0.428 e. The van der Waals surface area contributed by atoms with Crippen molar-refractivity contribution < 1.29 is 19.1 Å². The van der Waals surface area contributed by atoms with Crippen molar-refractivity contribution in [3.63, 3.8) is 0 Å². The highest BCUT2D eigenvalue weighted by molar-refractivity contribution is 5.95. The number of rotatable bonds is 2. The first-order valence-corrected chi connectivity index (χ1v) is 6.14. The lowest BCUT2D eigenvalue weighted by Gasteiger charge is -2.24. The summed E-state index contributed by atoms with van der Waals surface area (Å²) < 4.78 is 10.2. The molecule has 0 fully saturated rings. The van der Waals surface area contributed by atoms with Crippen molar-refractivity contribution in [2.75, 3.05) is 14.2 Å². The number of hydrazine groups is 1. The van der Waals surface area contributed by atoms with Gasteiger partial charge >= 0.3 is 6.09 Å². The van der Waals surface area contributed by atoms with Crippen LogP contribution in [-0.2, 0) is 4.74 Å². The molecular formula is C14H20N2O4. The third-order valence-corrected chi connectivity index (χ3v) is 2.27. The van der Waals surface area contributed by atoms with Crippen molar-refractivity contribution in [3.05, 3.63) is 29.8 Å². The van der Waals surface area contributed by atoms with E-state index in [1.54, 1.807) is 45.0 Å². The Bertz CT molecular complexity index is 494. The van der Waals surface area contributed by atoms with Crippen LogP contribution in [0.4, 0.5) is 4.79 Å². The summed E-state index contributed by atoms with van der Waals surface area (Å²) in [6.07, 6.45) is -0.631. The summed E-state index contributed by atoms with van der Waals surface area (Å²) in [6.45, 7) is 5.26. The predicted molar refractivity (Wildman–Crippen MR) is 74.5 cm³/mol. The molecule has 0 saturated carbocycles. The molecule has 1 rings (SSSR count). The van der Waals surface area contributed by atoms with Gasteiger partial charge in [0.25, 0.3) is 5.91 Å².